The Bertz CT molecular complexity index is 971. The second-order valence-corrected chi connectivity index (χ2v) is 8.67. The maximum Gasteiger partial charge on any atom is 0.0159 e. The van der Waals surface area contributed by atoms with Crippen LogP contribution >= 0.6 is 0 Å². The van der Waals surface area contributed by atoms with Gasteiger partial charge in [-0.05, 0) is 68.1 Å². The largest absolute Gasteiger partial charge is 0.0619 e. The van der Waals surface area contributed by atoms with Gasteiger partial charge in [0.2, 0.25) is 0 Å². The SMILES string of the molecule is CC(C)c1ccc(C(C)C)c2cc3c(cc12)-c1ccccc1C3(C)C. The van der Waals surface area contributed by atoms with Crippen LogP contribution in [0.1, 0.15) is 75.6 Å². The lowest BCUT2D eigenvalue weighted by Gasteiger charge is -2.23. The van der Waals surface area contributed by atoms with Gasteiger partial charge >= 0.3 is 0 Å². The van der Waals surface area contributed by atoms with Crippen molar-refractivity contribution in [3.63, 3.8) is 0 Å². The number of benzene rings is 3. The Labute approximate surface area is 151 Å². The van der Waals surface area contributed by atoms with Crippen LogP contribution in [0.3, 0.4) is 0 Å². The maximum absolute atomic E-state index is 2.49. The second kappa shape index (κ2) is 5.46. The fourth-order valence-electron chi connectivity index (χ4n) is 4.59. The third-order valence-electron chi connectivity index (χ3n) is 6.03. The summed E-state index contributed by atoms with van der Waals surface area (Å²) in [5.74, 6) is 1.07. The van der Waals surface area contributed by atoms with Crippen molar-refractivity contribution in [2.45, 2.75) is 58.8 Å². The van der Waals surface area contributed by atoms with Crippen LogP contribution in [0.15, 0.2) is 48.5 Å². The van der Waals surface area contributed by atoms with E-state index in [1.165, 1.54) is 44.2 Å². The lowest BCUT2D eigenvalue weighted by atomic mass is 9.80. The highest BCUT2D eigenvalue weighted by atomic mass is 14.4. The molecule has 0 saturated heterocycles. The molecule has 0 spiro atoms. The molecule has 3 aromatic carbocycles. The molecule has 0 saturated carbocycles. The van der Waals surface area contributed by atoms with E-state index in [4.69, 9.17) is 0 Å². The van der Waals surface area contributed by atoms with Crippen molar-refractivity contribution in [2.75, 3.05) is 0 Å². The molecule has 0 atom stereocenters. The average Bonchev–Trinajstić information content (AvgIpc) is 2.80. The highest BCUT2D eigenvalue weighted by molar-refractivity contribution is 5.97. The first-order valence-corrected chi connectivity index (χ1v) is 9.53. The molecular weight excluding hydrogens is 300 g/mol. The fraction of sp³-hybridized carbons (Fsp3) is 0.360. The van der Waals surface area contributed by atoms with Gasteiger partial charge in [0.1, 0.15) is 0 Å². The third-order valence-corrected chi connectivity index (χ3v) is 6.03. The van der Waals surface area contributed by atoms with E-state index < -0.39 is 0 Å². The summed E-state index contributed by atoms with van der Waals surface area (Å²) in [4.78, 5) is 0. The van der Waals surface area contributed by atoms with Crippen molar-refractivity contribution in [1.29, 1.82) is 0 Å². The Kier molecular flexibility index (Phi) is 3.58. The summed E-state index contributed by atoms with van der Waals surface area (Å²) in [5, 5.41) is 2.88. The molecule has 0 aromatic heterocycles. The predicted molar refractivity (Wildman–Crippen MR) is 110 cm³/mol. The molecule has 1 aliphatic carbocycles. The zero-order valence-corrected chi connectivity index (χ0v) is 16.3. The molecule has 0 radical (unpaired) electrons. The molecule has 0 heterocycles. The van der Waals surface area contributed by atoms with Crippen molar-refractivity contribution in [2.24, 2.45) is 0 Å². The summed E-state index contributed by atoms with van der Waals surface area (Å²) in [6, 6.07) is 18.6. The van der Waals surface area contributed by atoms with Gasteiger partial charge in [0.25, 0.3) is 0 Å². The normalized spacial score (nSPS) is 15.0. The smallest absolute Gasteiger partial charge is 0.0159 e. The predicted octanol–water partition coefficient (Wildman–Crippen LogP) is 7.39. The van der Waals surface area contributed by atoms with E-state index in [0.717, 1.165) is 0 Å². The highest BCUT2D eigenvalue weighted by Gasteiger charge is 2.35. The standard InChI is InChI=1S/C25H28/c1-15(2)17-11-12-18(16(3)4)21-14-24-22(13-20(17)21)19-9-7-8-10-23(19)25(24,5)6/h7-16H,1-6H3. The molecule has 0 unspecified atom stereocenters. The van der Waals surface area contributed by atoms with Crippen molar-refractivity contribution >= 4 is 10.8 Å². The number of hydrogen-bond acceptors (Lipinski definition) is 0. The third kappa shape index (κ3) is 2.27. The molecule has 4 rings (SSSR count). The molecule has 0 bridgehead atoms. The van der Waals surface area contributed by atoms with Gasteiger partial charge < -0.3 is 0 Å². The summed E-state index contributed by atoms with van der Waals surface area (Å²) in [7, 11) is 0. The number of hydrogen-bond donors (Lipinski definition) is 0. The monoisotopic (exact) mass is 328 g/mol. The lowest BCUT2D eigenvalue weighted by Crippen LogP contribution is -2.15. The van der Waals surface area contributed by atoms with Crippen LogP contribution in [-0.2, 0) is 5.41 Å². The molecule has 1 aliphatic rings. The molecule has 0 amide bonds. The van der Waals surface area contributed by atoms with Gasteiger partial charge in [-0.3, -0.25) is 0 Å². The first-order chi connectivity index (χ1) is 11.8. The molecule has 0 heteroatoms. The molecule has 25 heavy (non-hydrogen) atoms. The van der Waals surface area contributed by atoms with Crippen molar-refractivity contribution in [3.05, 3.63) is 70.8 Å². The van der Waals surface area contributed by atoms with Crippen LogP contribution in [0.4, 0.5) is 0 Å². The molecule has 0 aliphatic heterocycles. The van der Waals surface area contributed by atoms with Crippen LogP contribution in [0.5, 0.6) is 0 Å². The highest BCUT2D eigenvalue weighted by Crippen LogP contribution is 2.50. The minimum atomic E-state index is 0.0716. The first-order valence-electron chi connectivity index (χ1n) is 9.53. The van der Waals surface area contributed by atoms with Crippen molar-refractivity contribution in [3.8, 4) is 11.1 Å². The minimum absolute atomic E-state index is 0.0716. The van der Waals surface area contributed by atoms with E-state index in [2.05, 4.69) is 90.1 Å². The Morgan fingerprint density at radius 2 is 1.20 bits per heavy atom. The molecule has 3 aromatic rings. The zero-order valence-electron chi connectivity index (χ0n) is 16.3. The summed E-state index contributed by atoms with van der Waals surface area (Å²) >= 11 is 0. The van der Waals surface area contributed by atoms with Gasteiger partial charge in [0, 0.05) is 5.41 Å². The van der Waals surface area contributed by atoms with Crippen LogP contribution in [0.25, 0.3) is 21.9 Å². The molecular formula is C25H28. The first kappa shape index (κ1) is 16.4. The fourth-order valence-corrected chi connectivity index (χ4v) is 4.59. The lowest BCUT2D eigenvalue weighted by molar-refractivity contribution is 0.661. The van der Waals surface area contributed by atoms with Gasteiger partial charge in [-0.15, -0.1) is 0 Å². The van der Waals surface area contributed by atoms with E-state index in [9.17, 15) is 0 Å². The molecule has 128 valence electrons. The Balaban J connectivity index is 2.13. The summed E-state index contributed by atoms with van der Waals surface area (Å²) in [5.41, 5.74) is 8.77. The Morgan fingerprint density at radius 3 is 1.80 bits per heavy atom. The molecule has 0 fully saturated rings. The second-order valence-electron chi connectivity index (χ2n) is 8.67. The minimum Gasteiger partial charge on any atom is -0.0619 e. The molecule has 0 N–H and O–H groups in total. The topological polar surface area (TPSA) is 0 Å². The van der Waals surface area contributed by atoms with Gasteiger partial charge in [-0.1, -0.05) is 77.9 Å². The van der Waals surface area contributed by atoms with E-state index in [-0.39, 0.29) is 5.41 Å². The van der Waals surface area contributed by atoms with Crippen LogP contribution in [-0.4, -0.2) is 0 Å². The van der Waals surface area contributed by atoms with Crippen molar-refractivity contribution in [1.82, 2.24) is 0 Å². The Morgan fingerprint density at radius 1 is 0.640 bits per heavy atom. The van der Waals surface area contributed by atoms with E-state index in [1.54, 1.807) is 0 Å². The van der Waals surface area contributed by atoms with Crippen LogP contribution in [0.2, 0.25) is 0 Å². The van der Waals surface area contributed by atoms with Crippen molar-refractivity contribution < 1.29 is 0 Å². The van der Waals surface area contributed by atoms with Gasteiger partial charge in [-0.25, -0.2) is 0 Å². The van der Waals surface area contributed by atoms with Gasteiger partial charge in [0.05, 0.1) is 0 Å². The Hall–Kier alpha value is -2.08. The van der Waals surface area contributed by atoms with E-state index in [1.807, 2.05) is 0 Å². The van der Waals surface area contributed by atoms with Crippen LogP contribution in [0, 0.1) is 0 Å². The summed E-state index contributed by atoms with van der Waals surface area (Å²) in [6.07, 6.45) is 0. The quantitative estimate of drug-likeness (QED) is 0.460. The van der Waals surface area contributed by atoms with E-state index in [0.29, 0.717) is 11.8 Å². The average molecular weight is 328 g/mol. The van der Waals surface area contributed by atoms with Gasteiger partial charge in [-0.2, -0.15) is 0 Å². The maximum atomic E-state index is 2.49. The van der Waals surface area contributed by atoms with Crippen LogP contribution < -0.4 is 0 Å². The van der Waals surface area contributed by atoms with E-state index >= 15 is 0 Å². The zero-order chi connectivity index (χ0) is 17.9. The summed E-state index contributed by atoms with van der Waals surface area (Å²) in [6.45, 7) is 13.9. The number of fused-ring (bicyclic) bond motifs is 4. The van der Waals surface area contributed by atoms with Gasteiger partial charge in [0.15, 0.2) is 0 Å². The number of rotatable bonds is 2. The molecule has 0 nitrogen and oxygen atoms in total. The summed E-state index contributed by atoms with van der Waals surface area (Å²) < 4.78 is 0.